The number of carboxylic acids is 1. The van der Waals surface area contributed by atoms with Gasteiger partial charge in [0, 0.05) is 29.3 Å². The summed E-state index contributed by atoms with van der Waals surface area (Å²) in [4.78, 5) is 23.7. The first-order valence-electron chi connectivity index (χ1n) is 12.1. The Morgan fingerprint density at radius 1 is 0.974 bits per heavy atom. The Labute approximate surface area is 220 Å². The molecule has 10 heteroatoms. The van der Waals surface area contributed by atoms with Gasteiger partial charge in [-0.15, -0.1) is 0 Å². The summed E-state index contributed by atoms with van der Waals surface area (Å²) >= 11 is 0. The molecule has 4 rings (SSSR count). The van der Waals surface area contributed by atoms with Crippen LogP contribution in [0.4, 0.5) is 27.6 Å². The number of aromatic carboxylic acids is 1. The van der Waals surface area contributed by atoms with E-state index in [0.717, 1.165) is 24.3 Å². The van der Waals surface area contributed by atoms with Gasteiger partial charge in [0.15, 0.2) is 0 Å². The number of halogens is 5. The summed E-state index contributed by atoms with van der Waals surface area (Å²) in [6, 6.07) is 10.2. The van der Waals surface area contributed by atoms with Crippen molar-refractivity contribution in [3.63, 3.8) is 0 Å². The van der Waals surface area contributed by atoms with Gasteiger partial charge in [-0.05, 0) is 84.5 Å². The first-order valence-corrected chi connectivity index (χ1v) is 12.1. The van der Waals surface area contributed by atoms with Crippen LogP contribution in [0.3, 0.4) is 0 Å². The minimum Gasteiger partial charge on any atom is -0.488 e. The van der Waals surface area contributed by atoms with E-state index in [1.807, 2.05) is 0 Å². The molecule has 5 nitrogen and oxygen atoms in total. The van der Waals surface area contributed by atoms with Crippen LogP contribution >= 0.6 is 0 Å². The van der Waals surface area contributed by atoms with Gasteiger partial charge in [0.2, 0.25) is 5.91 Å². The lowest BCUT2D eigenvalue weighted by molar-refractivity contribution is -0.137. The maximum absolute atomic E-state index is 14.2. The van der Waals surface area contributed by atoms with E-state index in [1.165, 1.54) is 18.2 Å². The van der Waals surface area contributed by atoms with Crippen molar-refractivity contribution in [1.29, 1.82) is 0 Å². The highest BCUT2D eigenvalue weighted by Crippen LogP contribution is 2.45. The predicted octanol–water partition coefficient (Wildman–Crippen LogP) is 7.70. The molecule has 0 heterocycles. The molecule has 0 saturated heterocycles. The van der Waals surface area contributed by atoms with Crippen molar-refractivity contribution in [2.24, 2.45) is 0 Å². The van der Waals surface area contributed by atoms with E-state index in [4.69, 9.17) is 4.74 Å². The zero-order valence-corrected chi connectivity index (χ0v) is 20.8. The molecule has 2 N–H and O–H groups in total. The predicted molar refractivity (Wildman–Crippen MR) is 135 cm³/mol. The van der Waals surface area contributed by atoms with Crippen LogP contribution in [0.5, 0.6) is 5.75 Å². The fourth-order valence-corrected chi connectivity index (χ4v) is 4.47. The number of hydrogen-bond acceptors (Lipinski definition) is 3. The number of amides is 1. The van der Waals surface area contributed by atoms with Gasteiger partial charge in [-0.1, -0.05) is 6.92 Å². The van der Waals surface area contributed by atoms with Crippen molar-refractivity contribution < 1.29 is 41.4 Å². The Morgan fingerprint density at radius 3 is 2.38 bits per heavy atom. The fourth-order valence-electron chi connectivity index (χ4n) is 4.47. The van der Waals surface area contributed by atoms with Crippen molar-refractivity contribution in [1.82, 2.24) is 0 Å². The normalized spacial score (nSPS) is 13.5. The number of carbonyl (C=O) groups excluding carboxylic acids is 1. The third-order valence-corrected chi connectivity index (χ3v) is 6.38. The van der Waals surface area contributed by atoms with E-state index in [0.29, 0.717) is 42.0 Å². The van der Waals surface area contributed by atoms with E-state index < -0.39 is 29.3 Å². The van der Waals surface area contributed by atoms with E-state index in [9.17, 15) is 36.6 Å². The van der Waals surface area contributed by atoms with Crippen LogP contribution < -0.4 is 10.1 Å². The fraction of sp³-hybridized carbons (Fsp3) is 0.241. The Hall–Kier alpha value is -4.21. The Bertz CT molecular complexity index is 1460. The molecule has 0 spiro atoms. The largest absolute Gasteiger partial charge is 0.488 e. The van der Waals surface area contributed by atoms with Crippen LogP contribution in [0, 0.1) is 11.6 Å². The molecule has 204 valence electrons. The number of carboxylic acid groups (broad SMARTS) is 1. The number of carbonyl (C=O) groups is 2. The zero-order valence-electron chi connectivity index (χ0n) is 20.8. The summed E-state index contributed by atoms with van der Waals surface area (Å²) in [5.74, 6) is -3.11. The summed E-state index contributed by atoms with van der Waals surface area (Å²) < 4.78 is 74.1. The molecule has 1 amide bonds. The lowest BCUT2D eigenvalue weighted by Crippen LogP contribution is -2.11. The maximum atomic E-state index is 14.2. The van der Waals surface area contributed by atoms with Gasteiger partial charge < -0.3 is 15.2 Å². The van der Waals surface area contributed by atoms with Crippen molar-refractivity contribution in [3.05, 3.63) is 94.0 Å². The molecule has 3 aromatic rings. The smallest absolute Gasteiger partial charge is 0.416 e. The highest BCUT2D eigenvalue weighted by Gasteiger charge is 2.32. The Balaban J connectivity index is 1.82. The van der Waals surface area contributed by atoms with Crippen molar-refractivity contribution in [2.75, 3.05) is 5.32 Å². The molecule has 0 unspecified atom stereocenters. The number of nitrogens with one attached hydrogen (secondary N) is 1. The van der Waals surface area contributed by atoms with Gasteiger partial charge in [0.05, 0.1) is 11.1 Å². The average molecular weight is 546 g/mol. The summed E-state index contributed by atoms with van der Waals surface area (Å²) in [6.45, 7) is 1.29. The molecular weight excluding hydrogens is 521 g/mol. The molecule has 0 radical (unpaired) electrons. The third-order valence-electron chi connectivity index (χ3n) is 6.38. The molecule has 1 aliphatic rings. The second kappa shape index (κ2) is 11.3. The summed E-state index contributed by atoms with van der Waals surface area (Å²) in [6.07, 6.45) is -3.06. The van der Waals surface area contributed by atoms with Crippen LogP contribution in [0.15, 0.2) is 54.6 Å². The van der Waals surface area contributed by atoms with Crippen LogP contribution in [-0.4, -0.2) is 17.0 Å². The topological polar surface area (TPSA) is 75.6 Å². The molecule has 0 saturated carbocycles. The van der Waals surface area contributed by atoms with Crippen molar-refractivity contribution in [2.45, 2.75) is 45.4 Å². The minimum atomic E-state index is -4.64. The second-order valence-corrected chi connectivity index (χ2v) is 9.05. The van der Waals surface area contributed by atoms with Crippen molar-refractivity contribution >= 4 is 28.7 Å². The number of allylic oxidation sites excluding steroid dienone is 2. The molecule has 0 fully saturated rings. The maximum Gasteiger partial charge on any atom is 0.416 e. The molecule has 3 aromatic carbocycles. The van der Waals surface area contributed by atoms with Crippen LogP contribution in [-0.2, 0) is 17.6 Å². The molecule has 0 atom stereocenters. The monoisotopic (exact) mass is 545 g/mol. The molecule has 0 aromatic heterocycles. The van der Waals surface area contributed by atoms with Crippen molar-refractivity contribution in [3.8, 4) is 5.75 Å². The van der Waals surface area contributed by atoms with Gasteiger partial charge in [0.1, 0.15) is 24.0 Å². The molecule has 0 bridgehead atoms. The molecule has 1 aliphatic carbocycles. The Morgan fingerprint density at radius 2 is 1.72 bits per heavy atom. The van der Waals surface area contributed by atoms with Gasteiger partial charge in [-0.25, -0.2) is 13.6 Å². The van der Waals surface area contributed by atoms with Crippen LogP contribution in [0.25, 0.3) is 11.1 Å². The van der Waals surface area contributed by atoms with Crippen LogP contribution in [0.2, 0.25) is 0 Å². The number of benzene rings is 3. The minimum absolute atomic E-state index is 0.0216. The standard InChI is InChI=1S/C29H24F5NO4/c1-2-27(36)35-21-11-17(10-18(12-21)28(37)38)22-4-3-5-23(22)24-13-19(29(32,33)34)7-9-26(24)39-15-16-6-8-20(30)14-25(16)31/h6-14H,2-5,15H2,1H3,(H,35,36)(H,37,38). The van der Waals surface area contributed by atoms with Gasteiger partial charge in [-0.2, -0.15) is 13.2 Å². The highest BCUT2D eigenvalue weighted by molar-refractivity contribution is 5.99. The lowest BCUT2D eigenvalue weighted by atomic mass is 9.93. The molecular formula is C29H24F5NO4. The van der Waals surface area contributed by atoms with E-state index in [-0.39, 0.29) is 47.1 Å². The number of alkyl halides is 3. The summed E-state index contributed by atoms with van der Waals surface area (Å²) in [5, 5.41) is 12.2. The number of hydrogen-bond donors (Lipinski definition) is 2. The SMILES string of the molecule is CCC(=O)Nc1cc(C(=O)O)cc(C2=C(c3cc(C(F)(F)F)ccc3OCc3ccc(F)cc3F)CCC2)c1. The summed E-state index contributed by atoms with van der Waals surface area (Å²) in [7, 11) is 0. The number of ether oxygens (including phenoxy) is 1. The first-order chi connectivity index (χ1) is 18.5. The van der Waals surface area contributed by atoms with E-state index in [1.54, 1.807) is 13.0 Å². The molecule has 0 aliphatic heterocycles. The zero-order chi connectivity index (χ0) is 28.3. The number of anilines is 1. The second-order valence-electron chi connectivity index (χ2n) is 9.05. The Kier molecular flexibility index (Phi) is 8.03. The molecule has 39 heavy (non-hydrogen) atoms. The number of rotatable bonds is 8. The average Bonchev–Trinajstić information content (AvgIpc) is 3.37. The van der Waals surface area contributed by atoms with E-state index in [2.05, 4.69) is 5.32 Å². The third kappa shape index (κ3) is 6.45. The lowest BCUT2D eigenvalue weighted by Gasteiger charge is -2.18. The summed E-state index contributed by atoms with van der Waals surface area (Å²) in [5.41, 5.74) is 0.988. The van der Waals surface area contributed by atoms with Gasteiger partial charge in [0.25, 0.3) is 0 Å². The van der Waals surface area contributed by atoms with Gasteiger partial charge in [-0.3, -0.25) is 4.79 Å². The highest BCUT2D eigenvalue weighted by atomic mass is 19.4. The quantitative estimate of drug-likeness (QED) is 0.285. The van der Waals surface area contributed by atoms with Crippen LogP contribution in [0.1, 0.15) is 65.2 Å². The first kappa shape index (κ1) is 27.8. The van der Waals surface area contributed by atoms with E-state index >= 15 is 0 Å². The van der Waals surface area contributed by atoms with Gasteiger partial charge >= 0.3 is 12.1 Å².